The van der Waals surface area contributed by atoms with Crippen molar-refractivity contribution >= 4 is 17.2 Å². The molecule has 1 aromatic heterocycles. The van der Waals surface area contributed by atoms with Gasteiger partial charge in [0.05, 0.1) is 4.88 Å². The first-order valence-electron chi connectivity index (χ1n) is 5.63. The summed E-state index contributed by atoms with van der Waals surface area (Å²) in [5.41, 5.74) is 2.52. The maximum atomic E-state index is 11.7. The number of hydrogen-bond acceptors (Lipinski definition) is 2. The monoisotopic (exact) mass is 245 g/mol. The minimum Gasteiger partial charge on any atom is -0.351 e. The van der Waals surface area contributed by atoms with Crippen LogP contribution in [0.15, 0.2) is 41.8 Å². The highest BCUT2D eigenvalue weighted by molar-refractivity contribution is 7.12. The molecular weight excluding hydrogens is 230 g/mol. The minimum atomic E-state index is 0.0210. The van der Waals surface area contributed by atoms with Crippen molar-refractivity contribution in [3.63, 3.8) is 0 Å². The average Bonchev–Trinajstić information content (AvgIpc) is 2.82. The molecule has 2 rings (SSSR count). The summed E-state index contributed by atoms with van der Waals surface area (Å²) in [7, 11) is 0. The van der Waals surface area contributed by atoms with Crippen LogP contribution in [0.5, 0.6) is 0 Å². The van der Waals surface area contributed by atoms with Crippen molar-refractivity contribution in [2.45, 2.75) is 13.3 Å². The smallest absolute Gasteiger partial charge is 0.261 e. The Balaban J connectivity index is 1.82. The molecule has 0 radical (unpaired) electrons. The summed E-state index contributed by atoms with van der Waals surface area (Å²) in [5.74, 6) is 0.0210. The third-order valence-corrected chi connectivity index (χ3v) is 3.40. The third kappa shape index (κ3) is 3.43. The predicted octanol–water partition coefficient (Wildman–Crippen LogP) is 3.03. The molecule has 88 valence electrons. The van der Waals surface area contributed by atoms with Gasteiger partial charge in [0.2, 0.25) is 0 Å². The SMILES string of the molecule is Cc1cccc(CCNC(=O)c2cccs2)c1. The third-order valence-electron chi connectivity index (χ3n) is 2.53. The van der Waals surface area contributed by atoms with E-state index in [1.54, 1.807) is 0 Å². The number of thiophene rings is 1. The van der Waals surface area contributed by atoms with Gasteiger partial charge in [-0.2, -0.15) is 0 Å². The van der Waals surface area contributed by atoms with E-state index in [-0.39, 0.29) is 5.91 Å². The van der Waals surface area contributed by atoms with Gasteiger partial charge in [-0.15, -0.1) is 11.3 Å². The summed E-state index contributed by atoms with van der Waals surface area (Å²) in [6, 6.07) is 12.1. The van der Waals surface area contributed by atoms with E-state index in [1.807, 2.05) is 23.6 Å². The molecule has 0 saturated heterocycles. The van der Waals surface area contributed by atoms with Crippen LogP contribution < -0.4 is 5.32 Å². The van der Waals surface area contributed by atoms with E-state index in [4.69, 9.17) is 0 Å². The number of benzene rings is 1. The van der Waals surface area contributed by atoms with Crippen molar-refractivity contribution in [3.05, 3.63) is 57.8 Å². The molecule has 0 aliphatic heterocycles. The summed E-state index contributed by atoms with van der Waals surface area (Å²) >= 11 is 1.47. The molecule has 0 aliphatic carbocycles. The first-order chi connectivity index (χ1) is 8.25. The van der Waals surface area contributed by atoms with E-state index in [9.17, 15) is 4.79 Å². The number of hydrogen-bond donors (Lipinski definition) is 1. The van der Waals surface area contributed by atoms with Gasteiger partial charge in [-0.1, -0.05) is 35.9 Å². The molecule has 0 bridgehead atoms. The second kappa shape index (κ2) is 5.64. The summed E-state index contributed by atoms with van der Waals surface area (Å²) in [6.07, 6.45) is 0.874. The lowest BCUT2D eigenvalue weighted by molar-refractivity contribution is 0.0958. The molecule has 1 heterocycles. The fourth-order valence-corrected chi connectivity index (χ4v) is 2.32. The molecule has 0 atom stereocenters. The number of rotatable bonds is 4. The second-order valence-electron chi connectivity index (χ2n) is 3.97. The molecule has 1 aromatic carbocycles. The molecule has 1 N–H and O–H groups in total. The number of carbonyl (C=O) groups excluding carboxylic acids is 1. The number of nitrogens with one attached hydrogen (secondary N) is 1. The van der Waals surface area contributed by atoms with Crippen LogP contribution >= 0.6 is 11.3 Å². The molecule has 0 fully saturated rings. The predicted molar refractivity (Wildman–Crippen MR) is 71.5 cm³/mol. The fourth-order valence-electron chi connectivity index (χ4n) is 1.68. The van der Waals surface area contributed by atoms with Crippen LogP contribution in [0.4, 0.5) is 0 Å². The van der Waals surface area contributed by atoms with Crippen molar-refractivity contribution in [2.75, 3.05) is 6.54 Å². The Labute approximate surface area is 105 Å². The van der Waals surface area contributed by atoms with E-state index < -0.39 is 0 Å². The molecule has 3 heteroatoms. The van der Waals surface area contributed by atoms with Crippen LogP contribution in [-0.4, -0.2) is 12.5 Å². The van der Waals surface area contributed by atoms with Crippen molar-refractivity contribution in [2.24, 2.45) is 0 Å². The van der Waals surface area contributed by atoms with E-state index in [0.717, 1.165) is 11.3 Å². The van der Waals surface area contributed by atoms with Gasteiger partial charge in [0.15, 0.2) is 0 Å². The Hall–Kier alpha value is -1.61. The quantitative estimate of drug-likeness (QED) is 0.881. The summed E-state index contributed by atoms with van der Waals surface area (Å²) in [6.45, 7) is 2.76. The van der Waals surface area contributed by atoms with Gasteiger partial charge < -0.3 is 5.32 Å². The number of aryl methyl sites for hydroxylation is 1. The summed E-state index contributed by atoms with van der Waals surface area (Å²) in [5, 5.41) is 4.84. The maximum Gasteiger partial charge on any atom is 0.261 e. The summed E-state index contributed by atoms with van der Waals surface area (Å²) < 4.78 is 0. The van der Waals surface area contributed by atoms with E-state index in [1.165, 1.54) is 22.5 Å². The van der Waals surface area contributed by atoms with Gasteiger partial charge >= 0.3 is 0 Å². The van der Waals surface area contributed by atoms with Gasteiger partial charge in [-0.25, -0.2) is 0 Å². The molecule has 0 saturated carbocycles. The van der Waals surface area contributed by atoms with Gasteiger partial charge in [0, 0.05) is 6.54 Å². The lowest BCUT2D eigenvalue weighted by atomic mass is 10.1. The summed E-state index contributed by atoms with van der Waals surface area (Å²) in [4.78, 5) is 12.4. The molecule has 17 heavy (non-hydrogen) atoms. The number of amides is 1. The molecule has 1 amide bonds. The minimum absolute atomic E-state index is 0.0210. The van der Waals surface area contributed by atoms with Crippen LogP contribution in [-0.2, 0) is 6.42 Å². The largest absolute Gasteiger partial charge is 0.351 e. The molecule has 0 aliphatic rings. The van der Waals surface area contributed by atoms with Crippen LogP contribution in [0, 0.1) is 6.92 Å². The van der Waals surface area contributed by atoms with Crippen molar-refractivity contribution in [3.8, 4) is 0 Å². The van der Waals surface area contributed by atoms with Gasteiger partial charge in [0.25, 0.3) is 5.91 Å². The first-order valence-corrected chi connectivity index (χ1v) is 6.51. The Morgan fingerprint density at radius 2 is 2.18 bits per heavy atom. The zero-order valence-electron chi connectivity index (χ0n) is 9.77. The van der Waals surface area contributed by atoms with Crippen LogP contribution in [0.2, 0.25) is 0 Å². The molecular formula is C14H15NOS. The molecule has 0 unspecified atom stereocenters. The highest BCUT2D eigenvalue weighted by atomic mass is 32.1. The Morgan fingerprint density at radius 3 is 2.88 bits per heavy atom. The van der Waals surface area contributed by atoms with Crippen molar-refractivity contribution < 1.29 is 4.79 Å². The van der Waals surface area contributed by atoms with Crippen LogP contribution in [0.3, 0.4) is 0 Å². The highest BCUT2D eigenvalue weighted by Gasteiger charge is 2.04. The highest BCUT2D eigenvalue weighted by Crippen LogP contribution is 2.08. The van der Waals surface area contributed by atoms with Gasteiger partial charge in [0.1, 0.15) is 0 Å². The van der Waals surface area contributed by atoms with Gasteiger partial charge in [-0.3, -0.25) is 4.79 Å². The van der Waals surface area contributed by atoms with Crippen molar-refractivity contribution in [1.82, 2.24) is 5.32 Å². The number of carbonyl (C=O) groups is 1. The lowest BCUT2D eigenvalue weighted by Crippen LogP contribution is -2.24. The fraction of sp³-hybridized carbons (Fsp3) is 0.214. The normalized spacial score (nSPS) is 10.2. The maximum absolute atomic E-state index is 11.7. The first kappa shape index (κ1) is 11.9. The second-order valence-corrected chi connectivity index (χ2v) is 4.92. The Kier molecular flexibility index (Phi) is 3.94. The standard InChI is InChI=1S/C14H15NOS/c1-11-4-2-5-12(10-11)7-8-15-14(16)13-6-3-9-17-13/h2-6,9-10H,7-8H2,1H3,(H,15,16). The van der Waals surface area contributed by atoms with E-state index >= 15 is 0 Å². The molecule has 2 aromatic rings. The topological polar surface area (TPSA) is 29.1 Å². The van der Waals surface area contributed by atoms with E-state index in [2.05, 4.69) is 30.4 Å². The molecule has 0 spiro atoms. The van der Waals surface area contributed by atoms with Crippen LogP contribution in [0.25, 0.3) is 0 Å². The zero-order valence-corrected chi connectivity index (χ0v) is 10.6. The average molecular weight is 245 g/mol. The molecule has 2 nitrogen and oxygen atoms in total. The van der Waals surface area contributed by atoms with Crippen molar-refractivity contribution in [1.29, 1.82) is 0 Å². The lowest BCUT2D eigenvalue weighted by Gasteiger charge is -2.04. The van der Waals surface area contributed by atoms with E-state index in [0.29, 0.717) is 6.54 Å². The van der Waals surface area contributed by atoms with Crippen LogP contribution in [0.1, 0.15) is 20.8 Å². The zero-order chi connectivity index (χ0) is 12.1. The Bertz CT molecular complexity index is 491. The van der Waals surface area contributed by atoms with Gasteiger partial charge in [-0.05, 0) is 30.4 Å². The Morgan fingerprint density at radius 1 is 1.29 bits per heavy atom.